The van der Waals surface area contributed by atoms with Crippen molar-refractivity contribution in [2.75, 3.05) is 4.90 Å². The van der Waals surface area contributed by atoms with Gasteiger partial charge in [-0.3, -0.25) is 9.69 Å². The first-order valence-corrected chi connectivity index (χ1v) is 9.13. The van der Waals surface area contributed by atoms with Crippen LogP contribution in [-0.2, 0) is 4.79 Å². The van der Waals surface area contributed by atoms with E-state index in [-0.39, 0.29) is 23.0 Å². The fraction of sp³-hybridized carbons (Fsp3) is 0. The molecule has 0 radical (unpaired) electrons. The number of hydrogen-bond donors (Lipinski definition) is 0. The molecule has 132 valence electrons. The van der Waals surface area contributed by atoms with Crippen LogP contribution in [0.4, 0.5) is 10.1 Å². The van der Waals surface area contributed by atoms with Crippen LogP contribution in [0.25, 0.3) is 6.08 Å². The van der Waals surface area contributed by atoms with Crippen LogP contribution in [0.3, 0.4) is 0 Å². The number of hydrogen-bond acceptors (Lipinski definition) is 2. The summed E-state index contributed by atoms with van der Waals surface area (Å²) in [6.45, 7) is 0. The molecule has 3 aromatic carbocycles. The maximum Gasteiger partial charge on any atom is 0.282 e. The minimum absolute atomic E-state index is 0.266. The Bertz CT molecular complexity index is 1060. The first kappa shape index (κ1) is 17.4. The summed E-state index contributed by atoms with van der Waals surface area (Å²) in [6, 6.07) is 23.0. The van der Waals surface area contributed by atoms with Crippen molar-refractivity contribution in [2.24, 2.45) is 4.99 Å². The number of amides is 1. The normalized spacial score (nSPS) is 15.3. The third kappa shape index (κ3) is 3.46. The molecule has 0 spiro atoms. The van der Waals surface area contributed by atoms with E-state index in [0.29, 0.717) is 5.69 Å². The summed E-state index contributed by atoms with van der Waals surface area (Å²) in [5.74, 6) is -0.436. The van der Waals surface area contributed by atoms with Crippen molar-refractivity contribution >= 4 is 39.4 Å². The van der Waals surface area contributed by atoms with Gasteiger partial charge >= 0.3 is 0 Å². The molecule has 27 heavy (non-hydrogen) atoms. The molecule has 0 N–H and O–H groups in total. The van der Waals surface area contributed by atoms with Gasteiger partial charge in [-0.2, -0.15) is 0 Å². The Morgan fingerprint density at radius 2 is 1.56 bits per heavy atom. The summed E-state index contributed by atoms with van der Waals surface area (Å²) in [7, 11) is 0. The van der Waals surface area contributed by atoms with Gasteiger partial charge in [0.15, 0.2) is 5.84 Å². The Labute approximate surface area is 164 Å². The molecule has 1 aliphatic rings. The van der Waals surface area contributed by atoms with E-state index in [1.807, 2.05) is 42.5 Å². The van der Waals surface area contributed by atoms with Gasteiger partial charge in [0.1, 0.15) is 11.5 Å². The second-order valence-electron chi connectivity index (χ2n) is 5.97. The molecule has 0 aromatic heterocycles. The smallest absolute Gasteiger partial charge is 0.266 e. The van der Waals surface area contributed by atoms with Crippen molar-refractivity contribution in [1.82, 2.24) is 0 Å². The topological polar surface area (TPSA) is 32.7 Å². The molecule has 0 saturated carbocycles. The third-order valence-corrected chi connectivity index (χ3v) is 4.69. The number of benzene rings is 3. The Balaban J connectivity index is 1.85. The van der Waals surface area contributed by atoms with Gasteiger partial charge in [0, 0.05) is 4.47 Å². The van der Waals surface area contributed by atoms with E-state index < -0.39 is 5.82 Å². The van der Waals surface area contributed by atoms with Crippen LogP contribution in [0.5, 0.6) is 0 Å². The lowest BCUT2D eigenvalue weighted by Gasteiger charge is -2.19. The average molecular weight is 421 g/mol. The predicted octanol–water partition coefficient (Wildman–Crippen LogP) is 5.42. The van der Waals surface area contributed by atoms with Gasteiger partial charge in [-0.1, -0.05) is 58.4 Å². The Kier molecular flexibility index (Phi) is 4.69. The molecule has 5 heteroatoms. The van der Waals surface area contributed by atoms with E-state index in [0.717, 1.165) is 10.0 Å². The summed E-state index contributed by atoms with van der Waals surface area (Å²) in [6.07, 6.45) is 1.71. The molecule has 0 saturated heterocycles. The van der Waals surface area contributed by atoms with E-state index in [4.69, 9.17) is 0 Å². The van der Waals surface area contributed by atoms with Crippen LogP contribution in [-0.4, -0.2) is 11.7 Å². The molecule has 3 aromatic rings. The lowest BCUT2D eigenvalue weighted by atomic mass is 10.1. The predicted molar refractivity (Wildman–Crippen MR) is 109 cm³/mol. The van der Waals surface area contributed by atoms with Gasteiger partial charge in [0.25, 0.3) is 5.91 Å². The van der Waals surface area contributed by atoms with Crippen molar-refractivity contribution in [1.29, 1.82) is 0 Å². The molecule has 1 heterocycles. The van der Waals surface area contributed by atoms with Gasteiger partial charge in [-0.15, -0.1) is 0 Å². The SMILES string of the molecule is O=C1/C(=C\c2ccccc2)N=C(c2ccccc2F)N1c1ccc(Br)cc1. The highest BCUT2D eigenvalue weighted by molar-refractivity contribution is 9.10. The highest BCUT2D eigenvalue weighted by Gasteiger charge is 2.33. The van der Waals surface area contributed by atoms with E-state index in [2.05, 4.69) is 20.9 Å². The fourth-order valence-electron chi connectivity index (χ4n) is 2.88. The molecule has 0 unspecified atom stereocenters. The molecule has 0 atom stereocenters. The second kappa shape index (κ2) is 7.29. The first-order valence-electron chi connectivity index (χ1n) is 8.34. The second-order valence-corrected chi connectivity index (χ2v) is 6.89. The van der Waals surface area contributed by atoms with Crippen LogP contribution in [0.1, 0.15) is 11.1 Å². The minimum atomic E-state index is -0.424. The molecule has 0 aliphatic carbocycles. The first-order chi connectivity index (χ1) is 13.1. The highest BCUT2D eigenvalue weighted by atomic mass is 79.9. The number of rotatable bonds is 3. The van der Waals surface area contributed by atoms with Gasteiger partial charge in [-0.05, 0) is 48.0 Å². The van der Waals surface area contributed by atoms with Crippen LogP contribution in [0.2, 0.25) is 0 Å². The Hall–Kier alpha value is -3.05. The summed E-state index contributed by atoms with van der Waals surface area (Å²) < 4.78 is 15.3. The number of nitrogens with zero attached hydrogens (tertiary/aromatic N) is 2. The zero-order chi connectivity index (χ0) is 18.8. The number of anilines is 1. The van der Waals surface area contributed by atoms with E-state index in [9.17, 15) is 9.18 Å². The molecule has 1 aliphatic heterocycles. The third-order valence-electron chi connectivity index (χ3n) is 4.16. The van der Waals surface area contributed by atoms with Crippen LogP contribution in [0, 0.1) is 5.82 Å². The minimum Gasteiger partial charge on any atom is -0.266 e. The molecule has 3 nitrogen and oxygen atoms in total. The molecule has 1 amide bonds. The number of amidine groups is 1. The van der Waals surface area contributed by atoms with Crippen molar-refractivity contribution in [3.8, 4) is 0 Å². The highest BCUT2D eigenvalue weighted by Crippen LogP contribution is 2.29. The van der Waals surface area contributed by atoms with Gasteiger partial charge < -0.3 is 0 Å². The van der Waals surface area contributed by atoms with Crippen molar-refractivity contribution in [3.63, 3.8) is 0 Å². The van der Waals surface area contributed by atoms with E-state index in [1.54, 1.807) is 36.4 Å². The number of carbonyl (C=O) groups is 1. The van der Waals surface area contributed by atoms with E-state index in [1.165, 1.54) is 11.0 Å². The molecule has 4 rings (SSSR count). The largest absolute Gasteiger partial charge is 0.282 e. The average Bonchev–Trinajstić information content (AvgIpc) is 3.00. The summed E-state index contributed by atoms with van der Waals surface area (Å²) in [4.78, 5) is 19.0. The number of carbonyl (C=O) groups excluding carboxylic acids is 1. The maximum absolute atomic E-state index is 14.4. The fourth-order valence-corrected chi connectivity index (χ4v) is 3.14. The van der Waals surface area contributed by atoms with Crippen LogP contribution >= 0.6 is 15.9 Å². The monoisotopic (exact) mass is 420 g/mol. The lowest BCUT2D eigenvalue weighted by molar-refractivity contribution is -0.113. The molecule has 0 bridgehead atoms. The Morgan fingerprint density at radius 3 is 2.26 bits per heavy atom. The zero-order valence-electron chi connectivity index (χ0n) is 14.1. The van der Waals surface area contributed by atoms with Crippen LogP contribution < -0.4 is 4.90 Å². The lowest BCUT2D eigenvalue weighted by Crippen LogP contribution is -2.33. The number of aliphatic imine (C=N–C) groups is 1. The quantitative estimate of drug-likeness (QED) is 0.520. The molecule has 0 fully saturated rings. The summed E-state index contributed by atoms with van der Waals surface area (Å²) in [5, 5.41) is 0. The molecular formula is C22H14BrFN2O. The van der Waals surface area contributed by atoms with Gasteiger partial charge in [-0.25, -0.2) is 9.38 Å². The van der Waals surface area contributed by atoms with Crippen molar-refractivity contribution in [3.05, 3.63) is 106 Å². The summed E-state index contributed by atoms with van der Waals surface area (Å²) in [5.41, 5.74) is 2.03. The Morgan fingerprint density at radius 1 is 0.889 bits per heavy atom. The maximum atomic E-state index is 14.4. The van der Waals surface area contributed by atoms with Crippen molar-refractivity contribution in [2.45, 2.75) is 0 Å². The van der Waals surface area contributed by atoms with Crippen molar-refractivity contribution < 1.29 is 9.18 Å². The molecular weight excluding hydrogens is 407 g/mol. The zero-order valence-corrected chi connectivity index (χ0v) is 15.7. The summed E-state index contributed by atoms with van der Waals surface area (Å²) >= 11 is 3.39. The standard InChI is InChI=1S/C22H14BrFN2O/c23-16-10-12-17(13-11-16)26-21(18-8-4-5-9-19(18)24)25-20(22(26)27)14-15-6-2-1-3-7-15/h1-14H/b20-14+. The van der Waals surface area contributed by atoms with Crippen LogP contribution in [0.15, 0.2) is 94.0 Å². The number of halogens is 2. The van der Waals surface area contributed by atoms with E-state index >= 15 is 0 Å². The van der Waals surface area contributed by atoms with Gasteiger partial charge in [0.2, 0.25) is 0 Å². The van der Waals surface area contributed by atoms with Gasteiger partial charge in [0.05, 0.1) is 11.3 Å².